The third-order valence-electron chi connectivity index (χ3n) is 8.59. The molecule has 2 atom stereocenters. The summed E-state index contributed by atoms with van der Waals surface area (Å²) in [5, 5.41) is 2.92. The first kappa shape index (κ1) is 32.1. The quantitative estimate of drug-likeness (QED) is 0.245. The monoisotopic (exact) mass is 640 g/mol. The molecule has 0 saturated heterocycles. The van der Waals surface area contributed by atoms with E-state index in [2.05, 4.69) is 5.32 Å². The Bertz CT molecular complexity index is 1870. The summed E-state index contributed by atoms with van der Waals surface area (Å²) in [6.07, 6.45) is -1.26. The number of anilines is 1. The second-order valence-corrected chi connectivity index (χ2v) is 13.3. The van der Waals surface area contributed by atoms with Crippen molar-refractivity contribution in [2.75, 3.05) is 11.4 Å². The van der Waals surface area contributed by atoms with Crippen LogP contribution in [0.2, 0.25) is 0 Å². The third-order valence-corrected chi connectivity index (χ3v) is 10.3. The molecule has 1 aliphatic rings. The van der Waals surface area contributed by atoms with Gasteiger partial charge in [0.2, 0.25) is 0 Å². The van der Waals surface area contributed by atoms with Crippen LogP contribution in [0.25, 0.3) is 5.69 Å². The van der Waals surface area contributed by atoms with Gasteiger partial charge in [-0.15, -0.1) is 0 Å². The molecule has 0 spiro atoms. The Morgan fingerprint density at radius 3 is 2.31 bits per heavy atom. The van der Waals surface area contributed by atoms with Gasteiger partial charge in [0.25, 0.3) is 21.5 Å². The molecule has 1 aliphatic carbocycles. The Morgan fingerprint density at radius 2 is 1.60 bits per heavy atom. The van der Waals surface area contributed by atoms with E-state index in [1.54, 1.807) is 49.0 Å². The van der Waals surface area contributed by atoms with Crippen molar-refractivity contribution in [2.24, 2.45) is 7.05 Å². The minimum absolute atomic E-state index is 0.0409. The lowest BCUT2D eigenvalue weighted by atomic mass is 9.84. The smallest absolute Gasteiger partial charge is 0.349 e. The second kappa shape index (κ2) is 12.6. The number of nitrogens with one attached hydrogen (secondary N) is 1. The summed E-state index contributed by atoms with van der Waals surface area (Å²) in [6, 6.07) is 19.2. The van der Waals surface area contributed by atoms with E-state index in [1.165, 1.54) is 48.1 Å². The number of para-hydroxylation sites is 1. The van der Waals surface area contributed by atoms with Crippen LogP contribution >= 0.6 is 0 Å². The van der Waals surface area contributed by atoms with Crippen LogP contribution in [0.15, 0.2) is 88.6 Å². The van der Waals surface area contributed by atoms with Crippen LogP contribution < -0.4 is 15.2 Å². The van der Waals surface area contributed by atoms with Crippen molar-refractivity contribution >= 4 is 21.6 Å². The first-order chi connectivity index (χ1) is 21.3. The second-order valence-electron chi connectivity index (χ2n) is 11.3. The number of amides is 1. The molecular weight excluding hydrogens is 605 g/mol. The summed E-state index contributed by atoms with van der Waals surface area (Å²) >= 11 is 0. The zero-order valence-corrected chi connectivity index (χ0v) is 26.0. The lowest BCUT2D eigenvalue weighted by molar-refractivity contribution is -0.138. The molecule has 0 radical (unpaired) electrons. The molecule has 8 nitrogen and oxygen atoms in total. The number of sulfonamides is 1. The highest BCUT2D eigenvalue weighted by Crippen LogP contribution is 2.40. The van der Waals surface area contributed by atoms with Gasteiger partial charge < -0.3 is 5.32 Å². The number of nitrogens with zero attached hydrogens (tertiary/aromatic N) is 3. The molecule has 2 unspecified atom stereocenters. The van der Waals surface area contributed by atoms with Crippen LogP contribution in [0.1, 0.15) is 65.2 Å². The van der Waals surface area contributed by atoms with Gasteiger partial charge in [0.1, 0.15) is 5.69 Å². The van der Waals surface area contributed by atoms with Gasteiger partial charge in [-0.2, -0.15) is 13.2 Å². The van der Waals surface area contributed by atoms with Gasteiger partial charge in [0.05, 0.1) is 21.8 Å². The van der Waals surface area contributed by atoms with Crippen molar-refractivity contribution in [1.82, 2.24) is 14.7 Å². The van der Waals surface area contributed by atoms with Gasteiger partial charge in [-0.3, -0.25) is 18.6 Å². The zero-order chi connectivity index (χ0) is 32.5. The molecule has 1 amide bonds. The molecule has 1 heterocycles. The van der Waals surface area contributed by atoms with E-state index >= 15 is 0 Å². The average Bonchev–Trinajstić information content (AvgIpc) is 3.14. The molecule has 238 valence electrons. The Hall–Kier alpha value is -4.32. The fourth-order valence-corrected chi connectivity index (χ4v) is 7.47. The van der Waals surface area contributed by atoms with Crippen LogP contribution in [-0.2, 0) is 23.2 Å². The van der Waals surface area contributed by atoms with Crippen molar-refractivity contribution in [1.29, 1.82) is 0 Å². The summed E-state index contributed by atoms with van der Waals surface area (Å²) in [6.45, 7) is 1.65. The van der Waals surface area contributed by atoms with E-state index < -0.39 is 45.2 Å². The molecule has 3 aromatic carbocycles. The topological polar surface area (TPSA) is 93.4 Å². The fraction of sp³-hybridized carbons (Fsp3) is 0.333. The van der Waals surface area contributed by atoms with Gasteiger partial charge in [0, 0.05) is 31.6 Å². The Kier molecular flexibility index (Phi) is 8.97. The van der Waals surface area contributed by atoms with Crippen molar-refractivity contribution in [3.8, 4) is 5.69 Å². The SMILES string of the molecule is Cc1c(N(C)S(=O)(=O)c2cccc(C(=O)NC3CCCCCC3c3ccccc3C(F)(F)F)c2)c(=O)n(-c2ccccc2)n1C. The van der Waals surface area contributed by atoms with Crippen molar-refractivity contribution < 1.29 is 26.4 Å². The minimum Gasteiger partial charge on any atom is -0.349 e. The van der Waals surface area contributed by atoms with E-state index in [4.69, 9.17) is 0 Å². The number of hydrogen-bond donors (Lipinski definition) is 1. The summed E-state index contributed by atoms with van der Waals surface area (Å²) < 4.78 is 73.1. The average molecular weight is 641 g/mol. The number of benzene rings is 3. The Morgan fingerprint density at radius 1 is 0.933 bits per heavy atom. The summed E-state index contributed by atoms with van der Waals surface area (Å²) in [5.74, 6) is -1.14. The lowest BCUT2D eigenvalue weighted by Crippen LogP contribution is -2.39. The van der Waals surface area contributed by atoms with E-state index in [-0.39, 0.29) is 21.7 Å². The maximum absolute atomic E-state index is 13.9. The number of aromatic nitrogens is 2. The molecule has 45 heavy (non-hydrogen) atoms. The fourth-order valence-electron chi connectivity index (χ4n) is 6.18. The van der Waals surface area contributed by atoms with E-state index in [9.17, 15) is 31.2 Å². The number of hydrogen-bond acceptors (Lipinski definition) is 4. The molecule has 12 heteroatoms. The predicted molar refractivity (Wildman–Crippen MR) is 166 cm³/mol. The minimum atomic E-state index is -4.53. The van der Waals surface area contributed by atoms with Gasteiger partial charge in [-0.25, -0.2) is 13.1 Å². The van der Waals surface area contributed by atoms with Crippen LogP contribution in [0.3, 0.4) is 0 Å². The van der Waals surface area contributed by atoms with Crippen LogP contribution in [0.4, 0.5) is 18.9 Å². The Labute approximate surface area is 260 Å². The number of carbonyl (C=O) groups is 1. The summed E-state index contributed by atoms with van der Waals surface area (Å²) in [7, 11) is -1.35. The van der Waals surface area contributed by atoms with E-state index in [0.29, 0.717) is 24.2 Å². The van der Waals surface area contributed by atoms with Crippen LogP contribution in [0.5, 0.6) is 0 Å². The molecule has 1 fully saturated rings. The van der Waals surface area contributed by atoms with Crippen molar-refractivity contribution in [2.45, 2.75) is 62.1 Å². The maximum atomic E-state index is 13.9. The molecule has 1 saturated carbocycles. The van der Waals surface area contributed by atoms with Crippen molar-refractivity contribution in [3.63, 3.8) is 0 Å². The molecule has 1 aromatic heterocycles. The zero-order valence-electron chi connectivity index (χ0n) is 25.2. The first-order valence-corrected chi connectivity index (χ1v) is 16.2. The van der Waals surface area contributed by atoms with E-state index in [0.717, 1.165) is 29.6 Å². The molecule has 0 aliphatic heterocycles. The van der Waals surface area contributed by atoms with Gasteiger partial charge >= 0.3 is 6.18 Å². The van der Waals surface area contributed by atoms with Crippen LogP contribution in [0, 0.1) is 6.92 Å². The molecule has 0 bridgehead atoms. The van der Waals surface area contributed by atoms with Gasteiger partial charge in [0.15, 0.2) is 0 Å². The van der Waals surface area contributed by atoms with Gasteiger partial charge in [-0.05, 0) is 61.7 Å². The highest BCUT2D eigenvalue weighted by molar-refractivity contribution is 7.92. The van der Waals surface area contributed by atoms with Crippen molar-refractivity contribution in [3.05, 3.63) is 112 Å². The highest BCUT2D eigenvalue weighted by Gasteiger charge is 2.38. The normalized spacial score (nSPS) is 17.5. The molecule has 5 rings (SSSR count). The predicted octanol–water partition coefficient (Wildman–Crippen LogP) is 6.17. The lowest BCUT2D eigenvalue weighted by Gasteiger charge is -2.29. The van der Waals surface area contributed by atoms with E-state index in [1.807, 2.05) is 6.07 Å². The number of rotatable bonds is 7. The molecule has 1 N–H and O–H groups in total. The summed E-state index contributed by atoms with van der Waals surface area (Å²) in [5.41, 5.74) is -0.103. The standard InChI is InChI=1S/C33H35F3N4O4S/c1-22-30(32(42)40(38(22)2)24-14-6-4-7-15-24)39(3)45(43,44)25-16-12-13-23(21-25)31(41)37-29-20-9-5-8-18-27(29)26-17-10-11-19-28(26)33(34,35)36/h4,6-7,10-17,19,21,27,29H,5,8-9,18,20H2,1-3H3,(H,37,41). The summed E-state index contributed by atoms with van der Waals surface area (Å²) in [4.78, 5) is 26.8. The first-order valence-electron chi connectivity index (χ1n) is 14.7. The third kappa shape index (κ3) is 6.28. The number of alkyl halides is 3. The highest BCUT2D eigenvalue weighted by atomic mass is 32.2. The molecule has 4 aromatic rings. The van der Waals surface area contributed by atoms with Gasteiger partial charge in [-0.1, -0.05) is 61.7 Å². The molecular formula is C33H35F3N4O4S. The number of carbonyl (C=O) groups excluding carboxylic acids is 1. The maximum Gasteiger partial charge on any atom is 0.416 e. The Balaban J connectivity index is 1.44. The van der Waals surface area contributed by atoms with Crippen LogP contribution in [-0.4, -0.2) is 36.8 Å². The number of halogens is 3. The largest absolute Gasteiger partial charge is 0.416 e.